The van der Waals surface area contributed by atoms with Gasteiger partial charge in [-0.25, -0.2) is 18.0 Å². The molecule has 1 aliphatic heterocycles. The summed E-state index contributed by atoms with van der Waals surface area (Å²) in [6, 6.07) is 0.635. The summed E-state index contributed by atoms with van der Waals surface area (Å²) >= 11 is 0. The Morgan fingerprint density at radius 2 is 1.90 bits per heavy atom. The number of carbonyl (C=O) groups excluding carboxylic acids is 2. The summed E-state index contributed by atoms with van der Waals surface area (Å²) < 4.78 is 47.2. The zero-order valence-corrected chi connectivity index (χ0v) is 15.6. The first kappa shape index (κ1) is 19.3. The lowest BCUT2D eigenvalue weighted by molar-refractivity contribution is -0.134. The van der Waals surface area contributed by atoms with Crippen LogP contribution >= 0.6 is 0 Å². The number of nitrogens with one attached hydrogen (secondary N) is 1. The fraction of sp³-hybridized carbons (Fsp3) is 0.421. The first-order chi connectivity index (χ1) is 13.9. The van der Waals surface area contributed by atoms with E-state index >= 15 is 0 Å². The Morgan fingerprint density at radius 3 is 2.59 bits per heavy atom. The first-order valence-electron chi connectivity index (χ1n) is 9.38. The van der Waals surface area contributed by atoms with Crippen molar-refractivity contribution in [2.24, 2.45) is 0 Å². The molecule has 2 heterocycles. The lowest BCUT2D eigenvalue weighted by Gasteiger charge is -2.38. The van der Waals surface area contributed by atoms with Gasteiger partial charge in [-0.1, -0.05) is 6.92 Å². The fourth-order valence-electron chi connectivity index (χ4n) is 3.98. The molecule has 154 valence electrons. The van der Waals surface area contributed by atoms with Crippen molar-refractivity contribution in [2.75, 3.05) is 5.32 Å². The molecular formula is C19H19F3N4O3. The van der Waals surface area contributed by atoms with Crippen molar-refractivity contribution in [3.8, 4) is 5.75 Å². The minimum absolute atomic E-state index is 0.0831. The molecule has 1 saturated carbocycles. The average molecular weight is 408 g/mol. The molecule has 0 spiro atoms. The number of urea groups is 1. The summed E-state index contributed by atoms with van der Waals surface area (Å²) in [4.78, 5) is 26.1. The number of hydrogen-bond acceptors (Lipinski definition) is 4. The zero-order chi connectivity index (χ0) is 20.7. The van der Waals surface area contributed by atoms with Crippen LogP contribution in [0.25, 0.3) is 0 Å². The van der Waals surface area contributed by atoms with E-state index in [0.29, 0.717) is 11.4 Å². The van der Waals surface area contributed by atoms with Crippen molar-refractivity contribution in [1.29, 1.82) is 0 Å². The van der Waals surface area contributed by atoms with Crippen LogP contribution < -0.4 is 10.1 Å². The van der Waals surface area contributed by atoms with E-state index in [1.165, 1.54) is 11.1 Å². The molecule has 0 saturated heterocycles. The van der Waals surface area contributed by atoms with Crippen LogP contribution in [-0.2, 0) is 11.3 Å². The average Bonchev–Trinajstić information content (AvgIpc) is 3.32. The van der Waals surface area contributed by atoms with Gasteiger partial charge in [0.1, 0.15) is 5.69 Å². The molecule has 2 atom stereocenters. The van der Waals surface area contributed by atoms with E-state index in [4.69, 9.17) is 4.74 Å². The van der Waals surface area contributed by atoms with Gasteiger partial charge in [-0.15, -0.1) is 0 Å². The minimum Gasteiger partial charge on any atom is -0.423 e. The number of hydrogen-bond donors (Lipinski definition) is 1. The van der Waals surface area contributed by atoms with Crippen LogP contribution in [0.1, 0.15) is 44.3 Å². The van der Waals surface area contributed by atoms with Gasteiger partial charge in [0.15, 0.2) is 23.2 Å². The summed E-state index contributed by atoms with van der Waals surface area (Å²) in [6.07, 6.45) is 4.08. The highest BCUT2D eigenvalue weighted by Crippen LogP contribution is 2.41. The molecule has 10 heteroatoms. The number of halogens is 3. The number of rotatable bonds is 3. The summed E-state index contributed by atoms with van der Waals surface area (Å²) in [6.45, 7) is 1.79. The van der Waals surface area contributed by atoms with Gasteiger partial charge in [-0.05, 0) is 19.3 Å². The van der Waals surface area contributed by atoms with Gasteiger partial charge >= 0.3 is 12.0 Å². The highest BCUT2D eigenvalue weighted by Gasteiger charge is 2.42. The van der Waals surface area contributed by atoms with Crippen molar-refractivity contribution in [3.63, 3.8) is 0 Å². The molecule has 4 rings (SSSR count). The van der Waals surface area contributed by atoms with Crippen LogP contribution in [0.4, 0.5) is 23.7 Å². The SMILES string of the molecule is CCC(=O)Oc1cnn2c1CN(C(=O)Nc1cc(F)c(F)c(F)c1)[C@H]1CCC[C@H]12. The molecular weight excluding hydrogens is 389 g/mol. The Kier molecular flexibility index (Phi) is 4.93. The van der Waals surface area contributed by atoms with Gasteiger partial charge in [-0.2, -0.15) is 5.10 Å². The number of carbonyl (C=O) groups is 2. The van der Waals surface area contributed by atoms with E-state index in [0.717, 1.165) is 31.4 Å². The normalized spacial score (nSPS) is 20.2. The molecule has 7 nitrogen and oxygen atoms in total. The lowest BCUT2D eigenvalue weighted by Crippen LogP contribution is -2.48. The number of esters is 1. The number of ether oxygens (including phenoxy) is 1. The third-order valence-electron chi connectivity index (χ3n) is 5.35. The predicted molar refractivity (Wildman–Crippen MR) is 95.7 cm³/mol. The van der Waals surface area contributed by atoms with Crippen LogP contribution in [0.3, 0.4) is 0 Å². The van der Waals surface area contributed by atoms with Crippen LogP contribution in [0.15, 0.2) is 18.3 Å². The highest BCUT2D eigenvalue weighted by molar-refractivity contribution is 5.89. The minimum atomic E-state index is -1.59. The largest absolute Gasteiger partial charge is 0.423 e. The molecule has 1 fully saturated rings. The van der Waals surface area contributed by atoms with E-state index in [-0.39, 0.29) is 30.7 Å². The van der Waals surface area contributed by atoms with Crippen LogP contribution in [0.5, 0.6) is 5.75 Å². The molecule has 2 aliphatic rings. The van der Waals surface area contributed by atoms with Crippen LogP contribution in [0.2, 0.25) is 0 Å². The van der Waals surface area contributed by atoms with Crippen molar-refractivity contribution < 1.29 is 27.5 Å². The van der Waals surface area contributed by atoms with Crippen LogP contribution in [-0.4, -0.2) is 32.7 Å². The number of aromatic nitrogens is 2. The summed E-state index contributed by atoms with van der Waals surface area (Å²) in [5.41, 5.74) is 0.402. The molecule has 29 heavy (non-hydrogen) atoms. The molecule has 1 N–H and O–H groups in total. The topological polar surface area (TPSA) is 76.5 Å². The fourth-order valence-corrected chi connectivity index (χ4v) is 3.98. The first-order valence-corrected chi connectivity index (χ1v) is 9.38. The summed E-state index contributed by atoms with van der Waals surface area (Å²) in [5, 5.41) is 6.77. The molecule has 0 unspecified atom stereocenters. The second-order valence-corrected chi connectivity index (χ2v) is 7.11. The van der Waals surface area contributed by atoms with Gasteiger partial charge in [0.05, 0.1) is 24.8 Å². The van der Waals surface area contributed by atoms with Crippen molar-refractivity contribution in [2.45, 2.75) is 51.2 Å². The zero-order valence-electron chi connectivity index (χ0n) is 15.6. The third-order valence-corrected chi connectivity index (χ3v) is 5.35. The molecule has 2 aromatic rings. The second kappa shape index (κ2) is 7.41. The molecule has 2 amide bonds. The van der Waals surface area contributed by atoms with E-state index in [2.05, 4.69) is 10.4 Å². The second-order valence-electron chi connectivity index (χ2n) is 7.11. The summed E-state index contributed by atoms with van der Waals surface area (Å²) in [5.74, 6) is -4.49. The Labute approximate surface area is 164 Å². The maximum atomic E-state index is 13.5. The van der Waals surface area contributed by atoms with E-state index in [1.807, 2.05) is 0 Å². The van der Waals surface area contributed by atoms with Crippen molar-refractivity contribution in [1.82, 2.24) is 14.7 Å². The molecule has 1 aromatic heterocycles. The quantitative estimate of drug-likeness (QED) is 0.620. The van der Waals surface area contributed by atoms with E-state index in [1.54, 1.807) is 11.6 Å². The Hall–Kier alpha value is -3.04. The standard InChI is InChI=1S/C19H19F3N4O3/c1-2-17(27)29-16-8-23-26-14-5-3-4-13(14)25(9-15(16)26)19(28)24-10-6-11(20)18(22)12(21)7-10/h6-8,13-14H,2-5,9H2,1H3,(H,24,28)/t13-,14+/m0/s1. The van der Waals surface area contributed by atoms with E-state index in [9.17, 15) is 22.8 Å². The molecule has 0 radical (unpaired) electrons. The number of amides is 2. The monoisotopic (exact) mass is 408 g/mol. The van der Waals surface area contributed by atoms with Crippen LogP contribution in [0, 0.1) is 17.5 Å². The Morgan fingerprint density at radius 1 is 1.21 bits per heavy atom. The predicted octanol–water partition coefficient (Wildman–Crippen LogP) is 3.76. The number of anilines is 1. The number of fused-ring (bicyclic) bond motifs is 3. The smallest absolute Gasteiger partial charge is 0.322 e. The maximum absolute atomic E-state index is 13.5. The van der Waals surface area contributed by atoms with Gasteiger partial charge in [-0.3, -0.25) is 9.48 Å². The molecule has 1 aromatic carbocycles. The van der Waals surface area contributed by atoms with Gasteiger partial charge in [0, 0.05) is 24.2 Å². The highest BCUT2D eigenvalue weighted by atomic mass is 19.2. The van der Waals surface area contributed by atoms with E-state index < -0.39 is 29.5 Å². The number of benzene rings is 1. The molecule has 0 bridgehead atoms. The number of nitrogens with zero attached hydrogens (tertiary/aromatic N) is 3. The summed E-state index contributed by atoms with van der Waals surface area (Å²) in [7, 11) is 0. The maximum Gasteiger partial charge on any atom is 0.322 e. The lowest BCUT2D eigenvalue weighted by atomic mass is 10.1. The van der Waals surface area contributed by atoms with Crippen molar-refractivity contribution >= 4 is 17.7 Å². The van der Waals surface area contributed by atoms with Crippen molar-refractivity contribution in [3.05, 3.63) is 41.5 Å². The molecule has 1 aliphatic carbocycles. The van der Waals surface area contributed by atoms with Gasteiger partial charge in [0.2, 0.25) is 0 Å². The third kappa shape index (κ3) is 3.43. The van der Waals surface area contributed by atoms with Gasteiger partial charge in [0.25, 0.3) is 0 Å². The van der Waals surface area contributed by atoms with Gasteiger partial charge < -0.3 is 15.0 Å². The Balaban J connectivity index is 1.60. The Bertz CT molecular complexity index is 955.